The highest BCUT2D eigenvalue weighted by Crippen LogP contribution is 2.47. The van der Waals surface area contributed by atoms with E-state index in [0.29, 0.717) is 47.2 Å². The molecule has 1 aliphatic carbocycles. The zero-order valence-corrected chi connectivity index (χ0v) is 24.2. The third-order valence-corrected chi connectivity index (χ3v) is 8.99. The molecule has 2 saturated heterocycles. The monoisotopic (exact) mass is 697 g/mol. The number of hydrogen-bond acceptors (Lipinski definition) is 4. The molecule has 0 aromatic heterocycles. The second kappa shape index (κ2) is 11.1. The summed E-state index contributed by atoms with van der Waals surface area (Å²) in [5.74, 6) is -0.886. The summed E-state index contributed by atoms with van der Waals surface area (Å²) >= 11 is 1.88. The standard InChI is InChI=1S/C29H27F7INO3/c1-14-5-24(30)25(37)10-22(14)26-23-12-38(20-3-4-21(39)9-20)11-17(23)13-40-27(26)41-15(2)16-6-18(28(31,32)33)8-19(7-16)29(34,35)36/h5-10,15,17,23,26-27H,3-4,11-13H2,1-2H3/t15-,17+,23-,26+,27?/m1/s1. The van der Waals surface area contributed by atoms with E-state index in [-0.39, 0.29) is 35.9 Å². The summed E-state index contributed by atoms with van der Waals surface area (Å²) in [6.07, 6.45) is -9.47. The van der Waals surface area contributed by atoms with Crippen LogP contribution in [0.25, 0.3) is 0 Å². The Labute approximate surface area is 246 Å². The van der Waals surface area contributed by atoms with Crippen molar-refractivity contribution < 1.29 is 45.0 Å². The average Bonchev–Trinajstić information content (AvgIpc) is 3.51. The summed E-state index contributed by atoms with van der Waals surface area (Å²) in [7, 11) is 0. The van der Waals surface area contributed by atoms with Gasteiger partial charge in [-0.2, -0.15) is 26.3 Å². The Hall–Kier alpha value is -2.19. The van der Waals surface area contributed by atoms with Gasteiger partial charge in [0, 0.05) is 46.7 Å². The molecule has 0 amide bonds. The van der Waals surface area contributed by atoms with Crippen molar-refractivity contribution in [2.75, 3.05) is 19.7 Å². The predicted octanol–water partition coefficient (Wildman–Crippen LogP) is 7.79. The molecule has 0 N–H and O–H groups in total. The SMILES string of the molecule is Cc1cc(F)c(I)cc1[C@@H]1C(O[C@H](C)c2cc(C(F)(F)F)cc(C(F)(F)F)c2)OC[C@@H]2CN(C3=CC(=O)CC3)C[C@H]21. The van der Waals surface area contributed by atoms with Crippen molar-refractivity contribution >= 4 is 28.4 Å². The summed E-state index contributed by atoms with van der Waals surface area (Å²) in [5, 5.41) is 0. The van der Waals surface area contributed by atoms with Gasteiger partial charge in [0.05, 0.1) is 23.8 Å². The Morgan fingerprint density at radius 1 is 1.00 bits per heavy atom. The van der Waals surface area contributed by atoms with Gasteiger partial charge < -0.3 is 14.4 Å². The van der Waals surface area contributed by atoms with Crippen LogP contribution in [0.3, 0.4) is 0 Å². The van der Waals surface area contributed by atoms with Crippen molar-refractivity contribution in [1.82, 2.24) is 4.90 Å². The van der Waals surface area contributed by atoms with Gasteiger partial charge in [0.1, 0.15) is 5.82 Å². The second-order valence-corrected chi connectivity index (χ2v) is 12.1. The molecule has 2 heterocycles. The Balaban J connectivity index is 1.50. The maximum atomic E-state index is 14.4. The van der Waals surface area contributed by atoms with Crippen LogP contribution in [0.15, 0.2) is 42.1 Å². The highest BCUT2D eigenvalue weighted by atomic mass is 127. The lowest BCUT2D eigenvalue weighted by atomic mass is 9.76. The number of carbonyl (C=O) groups excluding carboxylic acids is 1. The van der Waals surface area contributed by atoms with Crippen molar-refractivity contribution in [3.8, 4) is 0 Å². The van der Waals surface area contributed by atoms with Gasteiger partial charge in [0.2, 0.25) is 0 Å². The Morgan fingerprint density at radius 2 is 1.66 bits per heavy atom. The lowest BCUT2D eigenvalue weighted by Gasteiger charge is -2.41. The molecule has 2 fully saturated rings. The van der Waals surface area contributed by atoms with E-state index in [2.05, 4.69) is 4.90 Å². The fraction of sp³-hybridized carbons (Fsp3) is 0.483. The Morgan fingerprint density at radius 3 is 2.24 bits per heavy atom. The van der Waals surface area contributed by atoms with Crippen LogP contribution in [0, 0.1) is 28.1 Å². The summed E-state index contributed by atoms with van der Waals surface area (Å²) in [6, 6.07) is 4.49. The fourth-order valence-corrected chi connectivity index (χ4v) is 6.58. The van der Waals surface area contributed by atoms with E-state index in [4.69, 9.17) is 9.47 Å². The number of ketones is 1. The van der Waals surface area contributed by atoms with Gasteiger partial charge in [-0.05, 0) is 95.8 Å². The molecule has 0 bridgehead atoms. The molecular weight excluding hydrogens is 670 g/mol. The molecule has 2 aromatic rings. The van der Waals surface area contributed by atoms with Crippen molar-refractivity contribution in [2.45, 2.75) is 57.4 Å². The van der Waals surface area contributed by atoms with Crippen molar-refractivity contribution in [2.24, 2.45) is 11.8 Å². The quantitative estimate of drug-likeness (QED) is 0.237. The number of allylic oxidation sites excluding steroid dienone is 2. The topological polar surface area (TPSA) is 38.8 Å². The first-order valence-electron chi connectivity index (χ1n) is 13.1. The molecule has 5 rings (SSSR count). The van der Waals surface area contributed by atoms with Crippen LogP contribution in [0.4, 0.5) is 30.7 Å². The summed E-state index contributed by atoms with van der Waals surface area (Å²) in [5.41, 5.74) is -0.832. The van der Waals surface area contributed by atoms with Crippen molar-refractivity contribution in [3.05, 3.63) is 79.3 Å². The molecule has 4 nitrogen and oxygen atoms in total. The van der Waals surface area contributed by atoms with Crippen molar-refractivity contribution in [1.29, 1.82) is 0 Å². The van der Waals surface area contributed by atoms with Gasteiger partial charge in [0.15, 0.2) is 12.1 Å². The van der Waals surface area contributed by atoms with E-state index in [1.54, 1.807) is 19.1 Å². The van der Waals surface area contributed by atoms with E-state index in [1.807, 2.05) is 22.6 Å². The average molecular weight is 697 g/mol. The number of hydrogen-bond donors (Lipinski definition) is 0. The maximum Gasteiger partial charge on any atom is 0.416 e. The highest BCUT2D eigenvalue weighted by Gasteiger charge is 2.48. The second-order valence-electron chi connectivity index (χ2n) is 10.9. The van der Waals surface area contributed by atoms with E-state index in [0.717, 1.165) is 11.3 Å². The van der Waals surface area contributed by atoms with Crippen LogP contribution in [0.5, 0.6) is 0 Å². The number of aryl methyl sites for hydroxylation is 1. The van der Waals surface area contributed by atoms with Gasteiger partial charge in [-0.3, -0.25) is 4.79 Å². The molecule has 0 radical (unpaired) electrons. The lowest BCUT2D eigenvalue weighted by molar-refractivity contribution is -0.217. The number of benzene rings is 2. The first-order valence-corrected chi connectivity index (χ1v) is 14.2. The largest absolute Gasteiger partial charge is 0.416 e. The van der Waals surface area contributed by atoms with Crippen LogP contribution in [0.1, 0.15) is 59.6 Å². The van der Waals surface area contributed by atoms with E-state index in [1.165, 1.54) is 13.0 Å². The molecule has 3 aliphatic rings. The van der Waals surface area contributed by atoms with Gasteiger partial charge in [0.25, 0.3) is 0 Å². The molecule has 12 heteroatoms. The molecule has 222 valence electrons. The Bertz CT molecular complexity index is 1340. The summed E-state index contributed by atoms with van der Waals surface area (Å²) in [4.78, 5) is 14.0. The van der Waals surface area contributed by atoms with E-state index >= 15 is 0 Å². The maximum absolute atomic E-state index is 14.4. The number of rotatable bonds is 5. The molecule has 0 saturated carbocycles. The highest BCUT2D eigenvalue weighted by molar-refractivity contribution is 14.1. The van der Waals surface area contributed by atoms with Crippen LogP contribution in [-0.2, 0) is 26.6 Å². The van der Waals surface area contributed by atoms with E-state index in [9.17, 15) is 35.5 Å². The smallest absolute Gasteiger partial charge is 0.374 e. The molecule has 0 spiro atoms. The number of alkyl halides is 6. The van der Waals surface area contributed by atoms with Gasteiger partial charge in [-0.1, -0.05) is 0 Å². The normalized spacial score (nSPS) is 25.9. The lowest BCUT2D eigenvalue weighted by Crippen LogP contribution is -2.42. The number of ether oxygens (including phenoxy) is 2. The third kappa shape index (κ3) is 6.29. The summed E-state index contributed by atoms with van der Waals surface area (Å²) < 4.78 is 108. The minimum atomic E-state index is -4.99. The number of likely N-dealkylation sites (tertiary alicyclic amines) is 1. The molecule has 2 aliphatic heterocycles. The molecule has 5 atom stereocenters. The van der Waals surface area contributed by atoms with E-state index < -0.39 is 47.6 Å². The third-order valence-electron chi connectivity index (χ3n) is 8.17. The minimum absolute atomic E-state index is 0.0271. The predicted molar refractivity (Wildman–Crippen MR) is 143 cm³/mol. The van der Waals surface area contributed by atoms with Gasteiger partial charge in [-0.25, -0.2) is 4.39 Å². The Kier molecular flexibility index (Phi) is 8.23. The first-order chi connectivity index (χ1) is 19.1. The zero-order chi connectivity index (χ0) is 29.9. The molecular formula is C29H27F7INO3. The fourth-order valence-electron chi connectivity index (χ4n) is 6.08. The molecule has 1 unspecified atom stereocenters. The van der Waals surface area contributed by atoms with Gasteiger partial charge in [-0.15, -0.1) is 0 Å². The molecule has 2 aromatic carbocycles. The van der Waals surface area contributed by atoms with Gasteiger partial charge >= 0.3 is 12.4 Å². The number of nitrogens with zero attached hydrogens (tertiary/aromatic N) is 1. The zero-order valence-electron chi connectivity index (χ0n) is 22.1. The van der Waals surface area contributed by atoms with Crippen LogP contribution >= 0.6 is 22.6 Å². The van der Waals surface area contributed by atoms with Crippen molar-refractivity contribution in [3.63, 3.8) is 0 Å². The van der Waals surface area contributed by atoms with Crippen LogP contribution < -0.4 is 0 Å². The number of fused-ring (bicyclic) bond motifs is 1. The molecule has 41 heavy (non-hydrogen) atoms. The van der Waals surface area contributed by atoms with Crippen LogP contribution in [0.2, 0.25) is 0 Å². The van der Waals surface area contributed by atoms with Crippen LogP contribution in [-0.4, -0.2) is 36.7 Å². The first kappa shape index (κ1) is 30.3. The minimum Gasteiger partial charge on any atom is -0.374 e. The number of carbonyl (C=O) groups is 1. The summed E-state index contributed by atoms with van der Waals surface area (Å²) in [6.45, 7) is 4.57. The number of halogens is 8.